The molecule has 1 saturated carbocycles. The van der Waals surface area contributed by atoms with Gasteiger partial charge in [0.25, 0.3) is 0 Å². The zero-order valence-corrected chi connectivity index (χ0v) is 16.2. The van der Waals surface area contributed by atoms with Gasteiger partial charge in [-0.25, -0.2) is 8.42 Å². The summed E-state index contributed by atoms with van der Waals surface area (Å²) in [4.78, 5) is 13.1. The molecule has 27 heavy (non-hydrogen) atoms. The second-order valence-corrected chi connectivity index (χ2v) is 9.52. The molecule has 4 rings (SSSR count). The lowest BCUT2D eigenvalue weighted by atomic mass is 9.95. The number of sulfonamides is 1. The fourth-order valence-electron chi connectivity index (χ4n) is 4.30. The topological polar surface area (TPSA) is 66.5 Å². The molecule has 1 aliphatic heterocycles. The maximum Gasteiger partial charge on any atom is 0.243 e. The van der Waals surface area contributed by atoms with Crippen molar-refractivity contribution in [2.24, 2.45) is 0 Å². The molecule has 0 unspecified atom stereocenters. The summed E-state index contributed by atoms with van der Waals surface area (Å²) in [5.41, 5.74) is 0. The van der Waals surface area contributed by atoms with Gasteiger partial charge in [-0.15, -0.1) is 0 Å². The van der Waals surface area contributed by atoms with Gasteiger partial charge in [0, 0.05) is 12.6 Å². The Balaban J connectivity index is 1.56. The van der Waals surface area contributed by atoms with E-state index in [4.69, 9.17) is 0 Å². The molecular formula is C21H26N2O3S. The number of benzene rings is 2. The first-order chi connectivity index (χ1) is 13.1. The zero-order chi connectivity index (χ0) is 18.9. The van der Waals surface area contributed by atoms with Gasteiger partial charge >= 0.3 is 0 Å². The third-order valence-electron chi connectivity index (χ3n) is 5.79. The van der Waals surface area contributed by atoms with Gasteiger partial charge < -0.3 is 5.32 Å². The quantitative estimate of drug-likeness (QED) is 0.875. The molecular weight excluding hydrogens is 360 g/mol. The van der Waals surface area contributed by atoms with Crippen molar-refractivity contribution in [2.45, 2.75) is 61.9 Å². The molecule has 0 spiro atoms. The van der Waals surface area contributed by atoms with E-state index in [1.165, 1.54) is 10.7 Å². The number of carbonyl (C=O) groups is 1. The van der Waals surface area contributed by atoms with Gasteiger partial charge in [-0.3, -0.25) is 4.79 Å². The van der Waals surface area contributed by atoms with Crippen LogP contribution in [0.4, 0.5) is 0 Å². The van der Waals surface area contributed by atoms with Crippen molar-refractivity contribution in [3.63, 3.8) is 0 Å². The van der Waals surface area contributed by atoms with Crippen LogP contribution in [0.2, 0.25) is 0 Å². The first-order valence-corrected chi connectivity index (χ1v) is 11.3. The molecule has 6 heteroatoms. The average Bonchev–Trinajstić information content (AvgIpc) is 3.19. The number of hydrogen-bond donors (Lipinski definition) is 1. The maximum atomic E-state index is 13.2. The molecule has 0 aromatic heterocycles. The van der Waals surface area contributed by atoms with E-state index in [-0.39, 0.29) is 16.8 Å². The van der Waals surface area contributed by atoms with E-state index in [0.29, 0.717) is 13.0 Å². The molecule has 1 atom stereocenters. The Morgan fingerprint density at radius 2 is 1.67 bits per heavy atom. The minimum absolute atomic E-state index is 0.135. The van der Waals surface area contributed by atoms with Crippen molar-refractivity contribution in [1.29, 1.82) is 0 Å². The Kier molecular flexibility index (Phi) is 5.19. The molecule has 144 valence electrons. The van der Waals surface area contributed by atoms with Gasteiger partial charge in [-0.2, -0.15) is 4.31 Å². The van der Waals surface area contributed by atoms with Crippen molar-refractivity contribution in [3.05, 3.63) is 42.5 Å². The Morgan fingerprint density at radius 1 is 0.926 bits per heavy atom. The van der Waals surface area contributed by atoms with E-state index in [2.05, 4.69) is 5.32 Å². The van der Waals surface area contributed by atoms with Crippen LogP contribution in [0.15, 0.2) is 47.4 Å². The Labute approximate surface area is 160 Å². The molecule has 0 radical (unpaired) electrons. The fourth-order valence-corrected chi connectivity index (χ4v) is 5.99. The predicted molar refractivity (Wildman–Crippen MR) is 106 cm³/mol. The minimum atomic E-state index is -3.69. The van der Waals surface area contributed by atoms with Crippen LogP contribution in [-0.4, -0.2) is 37.3 Å². The minimum Gasteiger partial charge on any atom is -0.352 e. The summed E-state index contributed by atoms with van der Waals surface area (Å²) in [5.74, 6) is -0.135. The summed E-state index contributed by atoms with van der Waals surface area (Å²) in [7, 11) is -3.69. The highest BCUT2D eigenvalue weighted by atomic mass is 32.2. The molecule has 1 N–H and O–H groups in total. The Hall–Kier alpha value is -1.92. The normalized spacial score (nSPS) is 22.1. The van der Waals surface area contributed by atoms with E-state index in [1.807, 2.05) is 30.3 Å². The number of hydrogen-bond acceptors (Lipinski definition) is 3. The first kappa shape index (κ1) is 18.4. The molecule has 2 aromatic carbocycles. The number of nitrogens with zero attached hydrogens (tertiary/aromatic N) is 1. The number of nitrogens with one attached hydrogen (secondary N) is 1. The van der Waals surface area contributed by atoms with E-state index < -0.39 is 16.1 Å². The lowest BCUT2D eigenvalue weighted by Gasteiger charge is -2.28. The summed E-state index contributed by atoms with van der Waals surface area (Å²) in [6, 6.07) is 12.5. The standard InChI is InChI=1S/C21H26N2O3S/c24-21(22-18-9-2-1-3-10-18)20-11-6-14-23(20)27(25,26)19-13-12-16-7-4-5-8-17(16)15-19/h4-5,7-8,12-13,15,18,20H,1-3,6,9-11,14H2,(H,22,24)/t20-/m0/s1. The lowest BCUT2D eigenvalue weighted by Crippen LogP contribution is -2.49. The fraction of sp³-hybridized carbons (Fsp3) is 0.476. The molecule has 2 aliphatic rings. The van der Waals surface area contributed by atoms with Crippen molar-refractivity contribution in [1.82, 2.24) is 9.62 Å². The summed E-state index contributed by atoms with van der Waals surface area (Å²) in [5, 5.41) is 4.99. The second kappa shape index (κ2) is 7.60. The number of carbonyl (C=O) groups excluding carboxylic acids is 1. The lowest BCUT2D eigenvalue weighted by molar-refractivity contribution is -0.125. The third kappa shape index (κ3) is 3.73. The predicted octanol–water partition coefficient (Wildman–Crippen LogP) is 3.44. The number of amides is 1. The van der Waals surface area contributed by atoms with Gasteiger partial charge in [-0.05, 0) is 48.6 Å². The molecule has 1 aliphatic carbocycles. The van der Waals surface area contributed by atoms with E-state index in [0.717, 1.165) is 42.9 Å². The zero-order valence-electron chi connectivity index (χ0n) is 15.4. The molecule has 1 heterocycles. The van der Waals surface area contributed by atoms with Crippen LogP contribution in [0, 0.1) is 0 Å². The van der Waals surface area contributed by atoms with E-state index in [9.17, 15) is 13.2 Å². The Bertz CT molecular complexity index is 935. The van der Waals surface area contributed by atoms with Crippen LogP contribution in [0.5, 0.6) is 0 Å². The smallest absolute Gasteiger partial charge is 0.243 e. The molecule has 1 amide bonds. The highest BCUT2D eigenvalue weighted by Gasteiger charge is 2.40. The van der Waals surface area contributed by atoms with Crippen molar-refractivity contribution in [2.75, 3.05) is 6.54 Å². The van der Waals surface area contributed by atoms with Crippen LogP contribution in [0.3, 0.4) is 0 Å². The SMILES string of the molecule is O=C(NC1CCCCC1)[C@@H]1CCCN1S(=O)(=O)c1ccc2ccccc2c1. The largest absolute Gasteiger partial charge is 0.352 e. The maximum absolute atomic E-state index is 13.2. The molecule has 2 fully saturated rings. The first-order valence-electron chi connectivity index (χ1n) is 9.87. The summed E-state index contributed by atoms with van der Waals surface area (Å²) < 4.78 is 27.9. The number of rotatable bonds is 4. The van der Waals surface area contributed by atoms with Gasteiger partial charge in [0.1, 0.15) is 6.04 Å². The molecule has 2 aromatic rings. The summed E-state index contributed by atoms with van der Waals surface area (Å²) in [6.45, 7) is 0.401. The van der Waals surface area contributed by atoms with Crippen LogP contribution in [0.1, 0.15) is 44.9 Å². The van der Waals surface area contributed by atoms with Gasteiger partial charge in [0.2, 0.25) is 15.9 Å². The molecule has 0 bridgehead atoms. The second-order valence-electron chi connectivity index (χ2n) is 7.63. The van der Waals surface area contributed by atoms with Crippen LogP contribution < -0.4 is 5.32 Å². The molecule has 5 nitrogen and oxygen atoms in total. The monoisotopic (exact) mass is 386 g/mol. The van der Waals surface area contributed by atoms with Crippen LogP contribution in [-0.2, 0) is 14.8 Å². The highest BCUT2D eigenvalue weighted by molar-refractivity contribution is 7.89. The highest BCUT2D eigenvalue weighted by Crippen LogP contribution is 2.29. The number of fused-ring (bicyclic) bond motifs is 1. The van der Waals surface area contributed by atoms with Crippen molar-refractivity contribution < 1.29 is 13.2 Å². The van der Waals surface area contributed by atoms with Crippen molar-refractivity contribution in [3.8, 4) is 0 Å². The van der Waals surface area contributed by atoms with Crippen LogP contribution >= 0.6 is 0 Å². The van der Waals surface area contributed by atoms with Gasteiger partial charge in [-0.1, -0.05) is 49.6 Å². The Morgan fingerprint density at radius 3 is 2.44 bits per heavy atom. The average molecular weight is 387 g/mol. The van der Waals surface area contributed by atoms with Gasteiger partial charge in [0.15, 0.2) is 0 Å². The van der Waals surface area contributed by atoms with E-state index in [1.54, 1.807) is 12.1 Å². The van der Waals surface area contributed by atoms with Crippen molar-refractivity contribution >= 4 is 26.7 Å². The molecule has 1 saturated heterocycles. The van der Waals surface area contributed by atoms with Crippen LogP contribution in [0.25, 0.3) is 10.8 Å². The van der Waals surface area contributed by atoms with Gasteiger partial charge in [0.05, 0.1) is 4.90 Å². The summed E-state index contributed by atoms with van der Waals surface area (Å²) in [6.07, 6.45) is 6.79. The summed E-state index contributed by atoms with van der Waals surface area (Å²) >= 11 is 0. The third-order valence-corrected chi connectivity index (χ3v) is 7.69. The van der Waals surface area contributed by atoms with E-state index >= 15 is 0 Å².